The third-order valence-electron chi connectivity index (χ3n) is 3.17. The number of amides is 1. The number of hydrogen-bond acceptors (Lipinski definition) is 1. The van der Waals surface area contributed by atoms with Gasteiger partial charge in [-0.1, -0.05) is 12.1 Å². The second kappa shape index (κ2) is 4.61. The van der Waals surface area contributed by atoms with Crippen LogP contribution in [-0.4, -0.2) is 12.5 Å². The Labute approximate surface area is 109 Å². The molecule has 1 aromatic carbocycles. The highest BCUT2D eigenvalue weighted by Crippen LogP contribution is 2.40. The minimum absolute atomic E-state index is 0.0715. The minimum atomic E-state index is -4.49. The van der Waals surface area contributed by atoms with Crippen molar-refractivity contribution < 1.29 is 18.0 Å². The lowest BCUT2D eigenvalue weighted by Gasteiger charge is -2.23. The number of nitrogens with zero attached hydrogens (tertiary/aromatic N) is 1. The molecule has 1 heterocycles. The van der Waals surface area contributed by atoms with Gasteiger partial charge in [0, 0.05) is 18.9 Å². The van der Waals surface area contributed by atoms with Crippen molar-refractivity contribution in [1.29, 1.82) is 0 Å². The van der Waals surface area contributed by atoms with Gasteiger partial charge in [0.15, 0.2) is 0 Å². The number of terminal acetylenes is 1. The van der Waals surface area contributed by atoms with Crippen LogP contribution in [0.3, 0.4) is 0 Å². The van der Waals surface area contributed by atoms with Gasteiger partial charge in [-0.25, -0.2) is 0 Å². The van der Waals surface area contributed by atoms with Crippen LogP contribution in [0.4, 0.5) is 18.9 Å². The first-order chi connectivity index (χ1) is 8.84. The number of aryl methyl sites for hydroxylation is 1. The van der Waals surface area contributed by atoms with Crippen molar-refractivity contribution in [1.82, 2.24) is 0 Å². The lowest BCUT2D eigenvalue weighted by atomic mass is 10.1. The van der Waals surface area contributed by atoms with Gasteiger partial charge in [0.05, 0.1) is 11.3 Å². The van der Waals surface area contributed by atoms with Crippen molar-refractivity contribution in [2.75, 3.05) is 11.4 Å². The minimum Gasteiger partial charge on any atom is -0.310 e. The van der Waals surface area contributed by atoms with Gasteiger partial charge in [-0.3, -0.25) is 4.79 Å². The van der Waals surface area contributed by atoms with Crippen LogP contribution in [0.5, 0.6) is 0 Å². The quantitative estimate of drug-likeness (QED) is 0.716. The highest BCUT2D eigenvalue weighted by atomic mass is 19.4. The smallest absolute Gasteiger partial charge is 0.310 e. The Hall–Kier alpha value is -1.96. The molecule has 0 spiro atoms. The Bertz CT molecular complexity index is 557. The van der Waals surface area contributed by atoms with Crippen molar-refractivity contribution in [3.63, 3.8) is 0 Å². The molecule has 0 radical (unpaired) electrons. The number of rotatable bonds is 1. The van der Waals surface area contributed by atoms with Crippen molar-refractivity contribution in [2.24, 2.45) is 5.92 Å². The van der Waals surface area contributed by atoms with E-state index in [4.69, 9.17) is 6.42 Å². The van der Waals surface area contributed by atoms with Crippen LogP contribution < -0.4 is 4.90 Å². The van der Waals surface area contributed by atoms with E-state index in [-0.39, 0.29) is 30.5 Å². The molecule has 5 heteroatoms. The molecule has 1 fully saturated rings. The summed E-state index contributed by atoms with van der Waals surface area (Å²) in [6.45, 7) is 1.70. The highest BCUT2D eigenvalue weighted by molar-refractivity contribution is 5.97. The standard InChI is InChI=1S/C14H12F3NO/c1-3-10-7-12(19)18(8-10)13-9(2)5-4-6-11(13)14(15,16)17/h1,4-6,10H,7-8H2,2H3. The summed E-state index contributed by atoms with van der Waals surface area (Å²) in [4.78, 5) is 13.0. The molecule has 1 saturated heterocycles. The molecule has 100 valence electrons. The fraction of sp³-hybridized carbons (Fsp3) is 0.357. The summed E-state index contributed by atoms with van der Waals surface area (Å²) >= 11 is 0. The van der Waals surface area contributed by atoms with Crippen LogP contribution in [0.25, 0.3) is 0 Å². The zero-order valence-corrected chi connectivity index (χ0v) is 10.3. The molecule has 0 aromatic heterocycles. The lowest BCUT2D eigenvalue weighted by molar-refractivity contribution is -0.137. The van der Waals surface area contributed by atoms with Gasteiger partial charge in [-0.05, 0) is 18.6 Å². The van der Waals surface area contributed by atoms with E-state index in [9.17, 15) is 18.0 Å². The lowest BCUT2D eigenvalue weighted by Crippen LogP contribution is -2.28. The van der Waals surface area contributed by atoms with Gasteiger partial charge in [0.2, 0.25) is 5.91 Å². The number of carbonyl (C=O) groups excluding carboxylic acids is 1. The first-order valence-corrected chi connectivity index (χ1v) is 5.78. The molecule has 2 nitrogen and oxygen atoms in total. The van der Waals surface area contributed by atoms with Gasteiger partial charge in [-0.2, -0.15) is 13.2 Å². The van der Waals surface area contributed by atoms with Gasteiger partial charge >= 0.3 is 6.18 Å². The molecule has 0 saturated carbocycles. The van der Waals surface area contributed by atoms with Crippen LogP contribution in [-0.2, 0) is 11.0 Å². The molecular weight excluding hydrogens is 255 g/mol. The zero-order chi connectivity index (χ0) is 14.2. The van der Waals surface area contributed by atoms with Gasteiger partial charge < -0.3 is 4.90 Å². The number of halogens is 3. The van der Waals surface area contributed by atoms with Gasteiger partial charge in [-0.15, -0.1) is 12.3 Å². The van der Waals surface area contributed by atoms with Crippen LogP contribution >= 0.6 is 0 Å². The molecule has 2 rings (SSSR count). The van der Waals surface area contributed by atoms with Crippen molar-refractivity contribution in [3.05, 3.63) is 29.3 Å². The highest BCUT2D eigenvalue weighted by Gasteiger charge is 2.39. The van der Waals surface area contributed by atoms with Crippen molar-refractivity contribution in [2.45, 2.75) is 19.5 Å². The SMILES string of the molecule is C#CC1CC(=O)N(c2c(C)cccc2C(F)(F)F)C1. The Morgan fingerprint density at radius 1 is 1.42 bits per heavy atom. The Morgan fingerprint density at radius 2 is 2.11 bits per heavy atom. The molecule has 0 aliphatic carbocycles. The van der Waals surface area contributed by atoms with E-state index in [1.165, 1.54) is 6.07 Å². The average Bonchev–Trinajstić information content (AvgIpc) is 2.69. The summed E-state index contributed by atoms with van der Waals surface area (Å²) in [5.41, 5.74) is -0.447. The Kier molecular flexibility index (Phi) is 3.27. The summed E-state index contributed by atoms with van der Waals surface area (Å²) in [6, 6.07) is 3.88. The summed E-state index contributed by atoms with van der Waals surface area (Å²) in [7, 11) is 0. The Morgan fingerprint density at radius 3 is 2.63 bits per heavy atom. The summed E-state index contributed by atoms with van der Waals surface area (Å²) in [5, 5.41) is 0. The maximum atomic E-state index is 13.0. The maximum absolute atomic E-state index is 13.0. The second-order valence-electron chi connectivity index (χ2n) is 4.54. The molecule has 19 heavy (non-hydrogen) atoms. The maximum Gasteiger partial charge on any atom is 0.418 e. The third-order valence-corrected chi connectivity index (χ3v) is 3.17. The number of hydrogen-bond donors (Lipinski definition) is 0. The normalized spacial score (nSPS) is 19.6. The molecule has 1 aliphatic heterocycles. The molecule has 0 bridgehead atoms. The van der Waals surface area contributed by atoms with E-state index in [2.05, 4.69) is 5.92 Å². The van der Waals surface area contributed by atoms with Crippen molar-refractivity contribution >= 4 is 11.6 Å². The van der Waals surface area contributed by atoms with Gasteiger partial charge in [0.1, 0.15) is 0 Å². The molecule has 0 N–H and O–H groups in total. The van der Waals surface area contributed by atoms with Crippen LogP contribution in [0.2, 0.25) is 0 Å². The summed E-state index contributed by atoms with van der Waals surface area (Å²) < 4.78 is 39.0. The predicted octanol–water partition coefficient (Wildman–Crippen LogP) is 3.00. The fourth-order valence-electron chi connectivity index (χ4n) is 2.28. The second-order valence-corrected chi connectivity index (χ2v) is 4.54. The van der Waals surface area contributed by atoms with Crippen LogP contribution in [0.15, 0.2) is 18.2 Å². The monoisotopic (exact) mass is 267 g/mol. The van der Waals surface area contributed by atoms with E-state index in [1.54, 1.807) is 13.0 Å². The van der Waals surface area contributed by atoms with E-state index >= 15 is 0 Å². The molecule has 1 amide bonds. The van der Waals surface area contributed by atoms with E-state index < -0.39 is 11.7 Å². The molecule has 1 aliphatic rings. The predicted molar refractivity (Wildman–Crippen MR) is 65.5 cm³/mol. The Balaban J connectivity index is 2.51. The largest absolute Gasteiger partial charge is 0.418 e. The molecule has 1 atom stereocenters. The summed E-state index contributed by atoms with van der Waals surface area (Å²) in [5.74, 6) is 1.74. The van der Waals surface area contributed by atoms with Crippen LogP contribution in [0, 0.1) is 25.2 Å². The molecule has 1 aromatic rings. The number of anilines is 1. The zero-order valence-electron chi connectivity index (χ0n) is 10.3. The number of alkyl halides is 3. The number of carbonyl (C=O) groups is 1. The van der Waals surface area contributed by atoms with E-state index in [0.717, 1.165) is 11.0 Å². The average molecular weight is 267 g/mol. The summed E-state index contributed by atoms with van der Waals surface area (Å²) in [6.07, 6.45) is 0.856. The first-order valence-electron chi connectivity index (χ1n) is 5.78. The molecular formula is C14H12F3NO. The topological polar surface area (TPSA) is 20.3 Å². The number of benzene rings is 1. The third kappa shape index (κ3) is 2.43. The van der Waals surface area contributed by atoms with E-state index in [0.29, 0.717) is 5.56 Å². The number of para-hydroxylation sites is 1. The van der Waals surface area contributed by atoms with Crippen LogP contribution in [0.1, 0.15) is 17.5 Å². The van der Waals surface area contributed by atoms with E-state index in [1.807, 2.05) is 0 Å². The van der Waals surface area contributed by atoms with Gasteiger partial charge in [0.25, 0.3) is 0 Å². The van der Waals surface area contributed by atoms with Crippen molar-refractivity contribution in [3.8, 4) is 12.3 Å². The molecule has 1 unspecified atom stereocenters. The fourth-order valence-corrected chi connectivity index (χ4v) is 2.28. The first kappa shape index (κ1) is 13.5.